The monoisotopic (exact) mass is 289 g/mol. The van der Waals surface area contributed by atoms with Crippen molar-refractivity contribution in [2.75, 3.05) is 18.4 Å². The molecule has 2 rings (SSSR count). The fraction of sp³-hybridized carbons (Fsp3) is 0.588. The van der Waals surface area contributed by atoms with E-state index in [-0.39, 0.29) is 11.9 Å². The highest BCUT2D eigenvalue weighted by Crippen LogP contribution is 2.21. The predicted molar refractivity (Wildman–Crippen MR) is 87.8 cm³/mol. The molecule has 0 aromatic heterocycles. The van der Waals surface area contributed by atoms with E-state index >= 15 is 0 Å². The van der Waals surface area contributed by atoms with E-state index in [1.165, 1.54) is 0 Å². The molecule has 4 heteroatoms. The minimum Gasteiger partial charge on any atom is -0.382 e. The Morgan fingerprint density at radius 1 is 1.33 bits per heavy atom. The molecule has 4 nitrogen and oxygen atoms in total. The molecule has 3 N–H and O–H groups in total. The lowest BCUT2D eigenvalue weighted by atomic mass is 10.0. The van der Waals surface area contributed by atoms with Crippen LogP contribution in [0.3, 0.4) is 0 Å². The molecule has 1 saturated heterocycles. The number of hydrogen-bond acceptors (Lipinski definition) is 3. The molecule has 2 atom stereocenters. The van der Waals surface area contributed by atoms with Crippen LogP contribution >= 0.6 is 0 Å². The smallest absolute Gasteiger partial charge is 0.251 e. The Labute approximate surface area is 127 Å². The van der Waals surface area contributed by atoms with Crippen molar-refractivity contribution in [3.05, 3.63) is 29.3 Å². The quantitative estimate of drug-likeness (QED) is 0.781. The van der Waals surface area contributed by atoms with Crippen molar-refractivity contribution in [3.63, 3.8) is 0 Å². The van der Waals surface area contributed by atoms with E-state index in [1.54, 1.807) is 0 Å². The molecule has 0 saturated carbocycles. The predicted octanol–water partition coefficient (Wildman–Crippen LogP) is 2.54. The SMILES string of the molecule is Cc1c(NC(C)C(C)C)cccc1C(=O)NC1CCNC1. The summed E-state index contributed by atoms with van der Waals surface area (Å²) in [6.07, 6.45) is 1.01. The van der Waals surface area contributed by atoms with Gasteiger partial charge < -0.3 is 16.0 Å². The first-order chi connectivity index (χ1) is 9.99. The molecule has 0 aliphatic carbocycles. The normalized spacial score (nSPS) is 19.6. The van der Waals surface area contributed by atoms with Crippen molar-refractivity contribution >= 4 is 11.6 Å². The molecule has 1 heterocycles. The number of hydrogen-bond donors (Lipinski definition) is 3. The molecule has 1 fully saturated rings. The Morgan fingerprint density at radius 2 is 2.10 bits per heavy atom. The van der Waals surface area contributed by atoms with Gasteiger partial charge in [0.05, 0.1) is 0 Å². The zero-order valence-corrected chi connectivity index (χ0v) is 13.5. The van der Waals surface area contributed by atoms with Crippen molar-refractivity contribution in [1.29, 1.82) is 0 Å². The lowest BCUT2D eigenvalue weighted by Gasteiger charge is -2.21. The molecule has 116 valence electrons. The zero-order chi connectivity index (χ0) is 15.4. The Hall–Kier alpha value is -1.55. The molecule has 1 aromatic carbocycles. The van der Waals surface area contributed by atoms with Gasteiger partial charge in [-0.2, -0.15) is 0 Å². The lowest BCUT2D eigenvalue weighted by Crippen LogP contribution is -2.36. The number of amides is 1. The average Bonchev–Trinajstić information content (AvgIpc) is 2.93. The van der Waals surface area contributed by atoms with Gasteiger partial charge in [0.15, 0.2) is 0 Å². The van der Waals surface area contributed by atoms with Crippen LogP contribution in [0.25, 0.3) is 0 Å². The van der Waals surface area contributed by atoms with Gasteiger partial charge in [-0.05, 0) is 50.4 Å². The van der Waals surface area contributed by atoms with Crippen LogP contribution < -0.4 is 16.0 Å². The van der Waals surface area contributed by atoms with Crippen molar-refractivity contribution in [2.45, 2.75) is 46.2 Å². The van der Waals surface area contributed by atoms with E-state index in [0.717, 1.165) is 36.3 Å². The van der Waals surface area contributed by atoms with E-state index in [1.807, 2.05) is 25.1 Å². The van der Waals surface area contributed by atoms with E-state index in [4.69, 9.17) is 0 Å². The summed E-state index contributed by atoms with van der Waals surface area (Å²) in [5, 5.41) is 9.88. The number of carbonyl (C=O) groups excluding carboxylic acids is 1. The van der Waals surface area contributed by atoms with Gasteiger partial charge in [0.2, 0.25) is 0 Å². The average molecular weight is 289 g/mol. The fourth-order valence-electron chi connectivity index (χ4n) is 2.49. The summed E-state index contributed by atoms with van der Waals surface area (Å²) in [4.78, 5) is 12.4. The first-order valence-corrected chi connectivity index (χ1v) is 7.86. The van der Waals surface area contributed by atoms with Gasteiger partial charge in [0.1, 0.15) is 0 Å². The van der Waals surface area contributed by atoms with Crippen LogP contribution in [0.15, 0.2) is 18.2 Å². The molecule has 21 heavy (non-hydrogen) atoms. The van der Waals surface area contributed by atoms with Crippen LogP contribution in [0.4, 0.5) is 5.69 Å². The second kappa shape index (κ2) is 6.94. The van der Waals surface area contributed by atoms with Gasteiger partial charge in [-0.3, -0.25) is 4.79 Å². The maximum Gasteiger partial charge on any atom is 0.251 e. The standard InChI is InChI=1S/C17H27N3O/c1-11(2)13(4)19-16-7-5-6-15(12(16)3)17(21)20-14-8-9-18-10-14/h5-7,11,13-14,18-19H,8-10H2,1-4H3,(H,20,21). The Kier molecular flexibility index (Phi) is 5.23. The van der Waals surface area contributed by atoms with Gasteiger partial charge in [0.25, 0.3) is 5.91 Å². The third kappa shape index (κ3) is 3.97. The van der Waals surface area contributed by atoms with Crippen molar-refractivity contribution < 1.29 is 4.79 Å². The molecule has 1 aliphatic heterocycles. The summed E-state index contributed by atoms with van der Waals surface area (Å²) < 4.78 is 0. The second-order valence-electron chi connectivity index (χ2n) is 6.32. The van der Waals surface area contributed by atoms with Crippen molar-refractivity contribution in [3.8, 4) is 0 Å². The fourth-order valence-corrected chi connectivity index (χ4v) is 2.49. The number of anilines is 1. The third-order valence-corrected chi connectivity index (χ3v) is 4.36. The number of nitrogens with one attached hydrogen (secondary N) is 3. The summed E-state index contributed by atoms with van der Waals surface area (Å²) in [6, 6.07) is 6.52. The van der Waals surface area contributed by atoms with Gasteiger partial charge in [-0.15, -0.1) is 0 Å². The van der Waals surface area contributed by atoms with Crippen LogP contribution in [0.1, 0.15) is 43.1 Å². The molecule has 0 bridgehead atoms. The highest BCUT2D eigenvalue weighted by molar-refractivity contribution is 5.97. The van der Waals surface area contributed by atoms with Crippen LogP contribution in [-0.4, -0.2) is 31.1 Å². The summed E-state index contributed by atoms with van der Waals surface area (Å²) >= 11 is 0. The van der Waals surface area contributed by atoms with Gasteiger partial charge >= 0.3 is 0 Å². The Bertz CT molecular complexity index is 493. The summed E-state index contributed by atoms with van der Waals surface area (Å²) in [7, 11) is 0. The van der Waals surface area contributed by atoms with E-state index in [2.05, 4.69) is 36.7 Å². The topological polar surface area (TPSA) is 53.2 Å². The maximum atomic E-state index is 12.4. The molecule has 1 aliphatic rings. The molecule has 0 spiro atoms. The number of benzene rings is 1. The molecule has 0 radical (unpaired) electrons. The van der Waals surface area contributed by atoms with Crippen LogP contribution in [0.2, 0.25) is 0 Å². The molecular weight excluding hydrogens is 262 g/mol. The second-order valence-corrected chi connectivity index (χ2v) is 6.32. The molecule has 1 amide bonds. The third-order valence-electron chi connectivity index (χ3n) is 4.36. The van der Waals surface area contributed by atoms with E-state index in [9.17, 15) is 4.79 Å². The maximum absolute atomic E-state index is 12.4. The summed E-state index contributed by atoms with van der Waals surface area (Å²) in [5.74, 6) is 0.577. The van der Waals surface area contributed by atoms with Gasteiger partial charge in [0, 0.05) is 29.9 Å². The number of rotatable bonds is 5. The summed E-state index contributed by atoms with van der Waals surface area (Å²) in [6.45, 7) is 10.4. The Balaban J connectivity index is 2.10. The Morgan fingerprint density at radius 3 is 2.71 bits per heavy atom. The van der Waals surface area contributed by atoms with Gasteiger partial charge in [-0.25, -0.2) is 0 Å². The zero-order valence-electron chi connectivity index (χ0n) is 13.5. The highest BCUT2D eigenvalue weighted by Gasteiger charge is 2.19. The molecule has 1 aromatic rings. The van der Waals surface area contributed by atoms with Crippen LogP contribution in [-0.2, 0) is 0 Å². The number of carbonyl (C=O) groups is 1. The lowest BCUT2D eigenvalue weighted by molar-refractivity contribution is 0.0939. The largest absolute Gasteiger partial charge is 0.382 e. The highest BCUT2D eigenvalue weighted by atomic mass is 16.1. The van der Waals surface area contributed by atoms with Crippen LogP contribution in [0.5, 0.6) is 0 Å². The van der Waals surface area contributed by atoms with E-state index in [0.29, 0.717) is 12.0 Å². The first kappa shape index (κ1) is 15.8. The van der Waals surface area contributed by atoms with E-state index < -0.39 is 0 Å². The van der Waals surface area contributed by atoms with Crippen molar-refractivity contribution in [1.82, 2.24) is 10.6 Å². The van der Waals surface area contributed by atoms with Crippen molar-refractivity contribution in [2.24, 2.45) is 5.92 Å². The van der Waals surface area contributed by atoms with Gasteiger partial charge in [-0.1, -0.05) is 19.9 Å². The molecular formula is C17H27N3O. The first-order valence-electron chi connectivity index (χ1n) is 7.86. The summed E-state index contributed by atoms with van der Waals surface area (Å²) in [5.41, 5.74) is 2.84. The minimum absolute atomic E-state index is 0.0297. The van der Waals surface area contributed by atoms with Crippen LogP contribution in [0, 0.1) is 12.8 Å². The molecule has 2 unspecified atom stereocenters. The minimum atomic E-state index is 0.0297.